The zero-order valence-corrected chi connectivity index (χ0v) is 15.2. The van der Waals surface area contributed by atoms with Crippen LogP contribution in [-0.2, 0) is 4.74 Å². The molecule has 0 heterocycles. The zero-order valence-electron chi connectivity index (χ0n) is 9.43. The van der Waals surface area contributed by atoms with Crippen LogP contribution in [0, 0.1) is 0 Å². The first-order valence-electron chi connectivity index (χ1n) is 4.43. The van der Waals surface area contributed by atoms with Crippen LogP contribution in [0.25, 0.3) is 0 Å². The number of thiocarbonyl (C=S) groups is 1. The first-order chi connectivity index (χ1) is 6.95. The van der Waals surface area contributed by atoms with Gasteiger partial charge in [0.2, 0.25) is 4.38 Å². The standard InChI is InChI=1S/C4H11NO3.C4H8OS2.Sb.3H/c5-4(1-6,2-7)3-8;1-2-3-5-4(6)7;;;;/h6-8H,1-3,5H2;2-3H2,1H3,(H,6,7);;;;. The Labute approximate surface area is 124 Å². The topological polar surface area (TPSA) is 95.9 Å². The summed E-state index contributed by atoms with van der Waals surface area (Å²) in [6.07, 6.45) is 0.987. The summed E-state index contributed by atoms with van der Waals surface area (Å²) in [5.74, 6) is 0. The molecule has 0 saturated heterocycles. The Hall–Kier alpha value is 0.898. The van der Waals surface area contributed by atoms with E-state index >= 15 is 0 Å². The van der Waals surface area contributed by atoms with Crippen molar-refractivity contribution in [2.75, 3.05) is 26.4 Å². The van der Waals surface area contributed by atoms with Gasteiger partial charge >= 0.3 is 24.4 Å². The molecule has 0 fully saturated rings. The molecule has 0 bridgehead atoms. The molecule has 0 aliphatic rings. The van der Waals surface area contributed by atoms with E-state index in [0.29, 0.717) is 11.0 Å². The third kappa shape index (κ3) is 14.9. The molecule has 0 aromatic rings. The van der Waals surface area contributed by atoms with Gasteiger partial charge in [-0.3, -0.25) is 0 Å². The van der Waals surface area contributed by atoms with Gasteiger partial charge in [-0.1, -0.05) is 19.6 Å². The fourth-order valence-electron chi connectivity index (χ4n) is 0.339. The Morgan fingerprint density at radius 2 is 1.69 bits per heavy atom. The summed E-state index contributed by atoms with van der Waals surface area (Å²) >= 11 is 8.24. The predicted octanol–water partition coefficient (Wildman–Crippen LogP) is -1.90. The predicted molar refractivity (Wildman–Crippen MR) is 75.9 cm³/mol. The molecule has 5 N–H and O–H groups in total. The van der Waals surface area contributed by atoms with Crippen molar-refractivity contribution in [2.24, 2.45) is 5.73 Å². The van der Waals surface area contributed by atoms with E-state index in [4.69, 9.17) is 25.8 Å². The van der Waals surface area contributed by atoms with E-state index in [2.05, 4.69) is 24.8 Å². The van der Waals surface area contributed by atoms with Crippen molar-refractivity contribution in [3.05, 3.63) is 0 Å². The quantitative estimate of drug-likeness (QED) is 0.217. The molecule has 16 heavy (non-hydrogen) atoms. The maximum atomic E-state index is 8.34. The molecule has 0 aromatic carbocycles. The Morgan fingerprint density at radius 3 is 1.75 bits per heavy atom. The van der Waals surface area contributed by atoms with Crippen LogP contribution in [0.3, 0.4) is 0 Å². The number of aliphatic hydroxyl groups excluding tert-OH is 3. The van der Waals surface area contributed by atoms with Crippen LogP contribution in [0.5, 0.6) is 0 Å². The van der Waals surface area contributed by atoms with Gasteiger partial charge in [0.15, 0.2) is 0 Å². The number of hydrogen-bond acceptors (Lipinski definition) is 6. The summed E-state index contributed by atoms with van der Waals surface area (Å²) < 4.78 is 5.12. The summed E-state index contributed by atoms with van der Waals surface area (Å²) in [6.45, 7) is 1.49. The Morgan fingerprint density at radius 1 is 1.31 bits per heavy atom. The molecule has 0 rings (SSSR count). The second-order valence-electron chi connectivity index (χ2n) is 2.95. The number of rotatable bonds is 5. The van der Waals surface area contributed by atoms with Gasteiger partial charge in [-0.15, -0.1) is 0 Å². The van der Waals surface area contributed by atoms with E-state index in [9.17, 15) is 0 Å². The summed E-state index contributed by atoms with van der Waals surface area (Å²) in [5, 5.41) is 25.0. The van der Waals surface area contributed by atoms with Crippen molar-refractivity contribution in [1.82, 2.24) is 0 Å². The van der Waals surface area contributed by atoms with Crippen LogP contribution < -0.4 is 5.73 Å². The molecule has 0 amide bonds. The van der Waals surface area contributed by atoms with Gasteiger partial charge in [-0.25, -0.2) is 0 Å². The van der Waals surface area contributed by atoms with Crippen LogP contribution >= 0.6 is 24.8 Å². The normalized spacial score (nSPS) is 9.62. The molecule has 0 aromatic heterocycles. The molecule has 8 heteroatoms. The van der Waals surface area contributed by atoms with Gasteiger partial charge < -0.3 is 25.8 Å². The Bertz CT molecular complexity index is 162. The summed E-state index contributed by atoms with van der Waals surface area (Å²) in [6, 6.07) is 0. The van der Waals surface area contributed by atoms with E-state index in [-0.39, 0.29) is 24.4 Å². The fourth-order valence-corrected chi connectivity index (χ4v) is 0.514. The number of nitrogens with two attached hydrogens (primary N) is 1. The number of hydrogen-bond donors (Lipinski definition) is 5. The van der Waals surface area contributed by atoms with Gasteiger partial charge in [0.25, 0.3) is 0 Å². The molecule has 5 nitrogen and oxygen atoms in total. The summed E-state index contributed by atoms with van der Waals surface area (Å²) in [7, 11) is 0. The van der Waals surface area contributed by atoms with E-state index in [1.807, 2.05) is 6.92 Å². The van der Waals surface area contributed by atoms with Gasteiger partial charge in [0, 0.05) is 0 Å². The number of thiol groups is 1. The van der Waals surface area contributed by atoms with Gasteiger partial charge in [0.1, 0.15) is 0 Å². The molecule has 100 valence electrons. The van der Waals surface area contributed by atoms with Crippen molar-refractivity contribution in [3.8, 4) is 0 Å². The van der Waals surface area contributed by atoms with Crippen molar-refractivity contribution in [3.63, 3.8) is 0 Å². The van der Waals surface area contributed by atoms with E-state index in [0.717, 1.165) is 6.42 Å². The summed E-state index contributed by atoms with van der Waals surface area (Å²) in [4.78, 5) is 0. The molecule has 0 aliphatic heterocycles. The fraction of sp³-hybridized carbons (Fsp3) is 0.875. The maximum absolute atomic E-state index is 8.34. The van der Waals surface area contributed by atoms with E-state index in [1.54, 1.807) is 0 Å². The second kappa shape index (κ2) is 14.0. The van der Waals surface area contributed by atoms with Crippen LogP contribution in [-0.4, -0.2) is 76.1 Å². The van der Waals surface area contributed by atoms with E-state index < -0.39 is 25.4 Å². The average Bonchev–Trinajstić information content (AvgIpc) is 2.26. The van der Waals surface area contributed by atoms with Crippen LogP contribution in [0.1, 0.15) is 13.3 Å². The Kier molecular flexibility index (Phi) is 19.3. The number of aliphatic hydroxyl groups is 3. The van der Waals surface area contributed by atoms with E-state index in [1.165, 1.54) is 0 Å². The first-order valence-corrected chi connectivity index (χ1v) is 5.28. The van der Waals surface area contributed by atoms with Gasteiger partial charge in [0.05, 0.1) is 32.0 Å². The SMILES string of the molecule is CCCOC(=S)S.NC(CO)(CO)CO.[SbH3]. The third-order valence-corrected chi connectivity index (χ3v) is 1.62. The minimum absolute atomic E-state index is 0. The molecule has 0 radical (unpaired) electrons. The number of ether oxygens (including phenoxy) is 1. The minimum atomic E-state index is -1.21. The van der Waals surface area contributed by atoms with Gasteiger partial charge in [-0.2, -0.15) is 0 Å². The van der Waals surface area contributed by atoms with Crippen LogP contribution in [0.2, 0.25) is 0 Å². The average molecular weight is 382 g/mol. The molecular formula is C8H22NO4S2Sb. The molecule has 0 atom stereocenters. The van der Waals surface area contributed by atoms with Crippen LogP contribution in [0.4, 0.5) is 0 Å². The first kappa shape index (κ1) is 22.1. The zero-order chi connectivity index (χ0) is 12.3. The molecule has 0 spiro atoms. The van der Waals surface area contributed by atoms with Crippen molar-refractivity contribution in [1.29, 1.82) is 0 Å². The second-order valence-corrected chi connectivity index (χ2v) is 4.03. The Balaban J connectivity index is -0.000000200. The molecule has 0 saturated carbocycles. The van der Waals surface area contributed by atoms with Crippen molar-refractivity contribution < 1.29 is 20.1 Å². The van der Waals surface area contributed by atoms with Gasteiger partial charge in [-0.05, 0) is 18.6 Å². The van der Waals surface area contributed by atoms with Crippen molar-refractivity contribution in [2.45, 2.75) is 18.9 Å². The van der Waals surface area contributed by atoms with Crippen molar-refractivity contribution >= 4 is 53.7 Å². The molecule has 0 unspecified atom stereocenters. The summed E-state index contributed by atoms with van der Waals surface area (Å²) in [5.41, 5.74) is 3.94. The molecule has 0 aliphatic carbocycles. The monoisotopic (exact) mass is 381 g/mol. The third-order valence-electron chi connectivity index (χ3n) is 1.37. The molecular weight excluding hydrogens is 360 g/mol. The van der Waals surface area contributed by atoms with Crippen LogP contribution in [0.15, 0.2) is 0 Å².